The van der Waals surface area contributed by atoms with Gasteiger partial charge in [-0.3, -0.25) is 13.2 Å². The van der Waals surface area contributed by atoms with Gasteiger partial charge in [0.05, 0.1) is 0 Å². The van der Waals surface area contributed by atoms with Crippen molar-refractivity contribution in [1.82, 2.24) is 4.90 Å². The molecule has 0 fully saturated rings. The standard InChI is InChI=1S/C7H11N.Y/c1-4-6-7-8(3)5-2;/h1-2,6-7H2,3H3;/q-2;. The van der Waals surface area contributed by atoms with E-state index in [4.69, 9.17) is 0 Å². The van der Waals surface area contributed by atoms with E-state index < -0.39 is 0 Å². The van der Waals surface area contributed by atoms with Gasteiger partial charge in [-0.25, -0.2) is 0 Å². The van der Waals surface area contributed by atoms with Crippen molar-refractivity contribution in [2.75, 3.05) is 13.6 Å². The molecule has 0 saturated heterocycles. The Balaban J connectivity index is 0. The monoisotopic (exact) mass is 198 g/mol. The van der Waals surface area contributed by atoms with Crippen LogP contribution in [0.2, 0.25) is 0 Å². The zero-order valence-electron chi connectivity index (χ0n) is 5.85. The average Bonchev–Trinajstić information content (AvgIpc) is 1.83. The van der Waals surface area contributed by atoms with Crippen molar-refractivity contribution in [3.05, 3.63) is 25.4 Å². The molecule has 0 aliphatic heterocycles. The molecule has 1 nitrogen and oxygen atoms in total. The van der Waals surface area contributed by atoms with Crippen LogP contribution in [0.3, 0.4) is 0 Å². The van der Waals surface area contributed by atoms with E-state index >= 15 is 0 Å². The first-order chi connectivity index (χ1) is 3.81. The van der Waals surface area contributed by atoms with Gasteiger partial charge in [-0.2, -0.15) is 6.42 Å². The summed E-state index contributed by atoms with van der Waals surface area (Å²) in [5, 5.41) is 0. The third-order valence-corrected chi connectivity index (χ3v) is 0.894. The molecule has 0 bridgehead atoms. The van der Waals surface area contributed by atoms with Crippen molar-refractivity contribution < 1.29 is 32.7 Å². The van der Waals surface area contributed by atoms with Gasteiger partial charge in [0.2, 0.25) is 0 Å². The van der Waals surface area contributed by atoms with E-state index in [0.717, 1.165) is 13.0 Å². The molecule has 0 N–H and O–H groups in total. The molecular weight excluding hydrogens is 187 g/mol. The predicted molar refractivity (Wildman–Crippen MR) is 35.0 cm³/mol. The van der Waals surface area contributed by atoms with Gasteiger partial charge in [-0.1, -0.05) is 0 Å². The van der Waals surface area contributed by atoms with Crippen LogP contribution in [-0.2, 0) is 32.7 Å². The average molecular weight is 198 g/mol. The smallest absolute Gasteiger partial charge is 0 e. The molecule has 0 amide bonds. The van der Waals surface area contributed by atoms with E-state index in [-0.39, 0.29) is 32.7 Å². The van der Waals surface area contributed by atoms with Gasteiger partial charge >= 0.3 is 0 Å². The predicted octanol–water partition coefficient (Wildman–Crippen LogP) is 1.24. The molecule has 49 valence electrons. The van der Waals surface area contributed by atoms with Crippen molar-refractivity contribution in [2.45, 2.75) is 6.42 Å². The van der Waals surface area contributed by atoms with Crippen LogP contribution in [0.15, 0.2) is 13.2 Å². The maximum absolute atomic E-state index is 3.47. The Morgan fingerprint density at radius 1 is 1.44 bits per heavy atom. The Bertz CT molecular complexity index is 81.0. The molecule has 0 aromatic heterocycles. The number of hydrogen-bond acceptors (Lipinski definition) is 1. The fourth-order valence-electron chi connectivity index (χ4n) is 0.326. The number of nitrogens with zero attached hydrogens (tertiary/aromatic N) is 1. The molecule has 9 heavy (non-hydrogen) atoms. The van der Waals surface area contributed by atoms with Gasteiger partial charge in [0.25, 0.3) is 0 Å². The van der Waals surface area contributed by atoms with E-state index in [2.05, 4.69) is 25.4 Å². The third kappa shape index (κ3) is 8.38. The van der Waals surface area contributed by atoms with Crippen molar-refractivity contribution in [1.29, 1.82) is 0 Å². The fourth-order valence-corrected chi connectivity index (χ4v) is 0.326. The Labute approximate surface area is 82.7 Å². The molecule has 0 unspecified atom stereocenters. The minimum absolute atomic E-state index is 0. The van der Waals surface area contributed by atoms with Gasteiger partial charge in [-0.15, -0.1) is 0 Å². The minimum Gasteiger partial charge on any atom is -0.559 e. The zero-order valence-corrected chi connectivity index (χ0v) is 8.69. The van der Waals surface area contributed by atoms with Crippen LogP contribution in [0.25, 0.3) is 0 Å². The van der Waals surface area contributed by atoms with Gasteiger partial charge in [0.15, 0.2) is 0 Å². The molecule has 0 heterocycles. The third-order valence-electron chi connectivity index (χ3n) is 0.894. The second-order valence-electron chi connectivity index (χ2n) is 1.58. The summed E-state index contributed by atoms with van der Waals surface area (Å²) in [4.78, 5) is 1.87. The van der Waals surface area contributed by atoms with E-state index in [1.54, 1.807) is 0 Å². The minimum atomic E-state index is 0. The van der Waals surface area contributed by atoms with Crippen molar-refractivity contribution in [2.24, 2.45) is 0 Å². The first-order valence-corrected chi connectivity index (χ1v) is 2.55. The molecule has 0 aliphatic carbocycles. The first kappa shape index (κ1) is 12.1. The van der Waals surface area contributed by atoms with Gasteiger partial charge in [-0.05, 0) is 13.6 Å². The Morgan fingerprint density at radius 3 is 2.33 bits per heavy atom. The van der Waals surface area contributed by atoms with E-state index in [1.165, 1.54) is 0 Å². The van der Waals surface area contributed by atoms with E-state index in [0.29, 0.717) is 0 Å². The SMILES string of the molecule is C=[C-]CCN(C)[C-]=C.[Y]. The molecule has 0 rings (SSSR count). The topological polar surface area (TPSA) is 3.24 Å². The fraction of sp³-hybridized carbons (Fsp3) is 0.429. The molecule has 1 radical (unpaired) electrons. The van der Waals surface area contributed by atoms with Crippen molar-refractivity contribution in [3.8, 4) is 0 Å². The van der Waals surface area contributed by atoms with Gasteiger partial charge < -0.3 is 17.2 Å². The van der Waals surface area contributed by atoms with Crippen LogP contribution in [0.4, 0.5) is 0 Å². The summed E-state index contributed by atoms with van der Waals surface area (Å²) in [6.45, 7) is 7.84. The molecule has 0 spiro atoms. The van der Waals surface area contributed by atoms with Crippen LogP contribution in [0.1, 0.15) is 6.42 Å². The Kier molecular flexibility index (Phi) is 11.3. The molecule has 0 aliphatic rings. The Hall–Kier alpha value is 0.384. The quantitative estimate of drug-likeness (QED) is 0.485. The maximum atomic E-state index is 3.47. The van der Waals surface area contributed by atoms with Crippen LogP contribution in [0.5, 0.6) is 0 Å². The summed E-state index contributed by atoms with van der Waals surface area (Å²) in [5.41, 5.74) is 0. The largest absolute Gasteiger partial charge is 0.559 e. The summed E-state index contributed by atoms with van der Waals surface area (Å²) in [5.74, 6) is 0. The summed E-state index contributed by atoms with van der Waals surface area (Å²) >= 11 is 0. The molecule has 0 atom stereocenters. The van der Waals surface area contributed by atoms with Crippen LogP contribution in [0, 0.1) is 12.3 Å². The molecule has 2 heteroatoms. The number of rotatable bonds is 4. The van der Waals surface area contributed by atoms with E-state index in [9.17, 15) is 0 Å². The normalized spacial score (nSPS) is 7.22. The molecular formula is C7H11NY-2. The van der Waals surface area contributed by atoms with Gasteiger partial charge in [0, 0.05) is 32.7 Å². The van der Waals surface area contributed by atoms with Crippen molar-refractivity contribution in [3.63, 3.8) is 0 Å². The molecule has 0 aromatic carbocycles. The second kappa shape index (κ2) is 8.38. The summed E-state index contributed by atoms with van der Waals surface area (Å²) in [6.07, 6.45) is 6.36. The van der Waals surface area contributed by atoms with Gasteiger partial charge in [0.1, 0.15) is 0 Å². The molecule has 0 aromatic rings. The second-order valence-corrected chi connectivity index (χ2v) is 1.58. The van der Waals surface area contributed by atoms with Crippen LogP contribution >= 0.6 is 0 Å². The van der Waals surface area contributed by atoms with Crippen LogP contribution < -0.4 is 0 Å². The van der Waals surface area contributed by atoms with E-state index in [1.807, 2.05) is 11.9 Å². The zero-order chi connectivity index (χ0) is 6.41. The van der Waals surface area contributed by atoms with Crippen LogP contribution in [-0.4, -0.2) is 18.5 Å². The first-order valence-electron chi connectivity index (χ1n) is 2.55. The Morgan fingerprint density at radius 2 is 2.00 bits per heavy atom. The summed E-state index contributed by atoms with van der Waals surface area (Å²) in [6, 6.07) is 0. The van der Waals surface area contributed by atoms with Crippen molar-refractivity contribution >= 4 is 0 Å². The maximum Gasteiger partial charge on any atom is 0 e. The summed E-state index contributed by atoms with van der Waals surface area (Å²) < 4.78 is 0. The molecule has 0 saturated carbocycles. The number of hydrogen-bond donors (Lipinski definition) is 0. The summed E-state index contributed by atoms with van der Waals surface area (Å²) in [7, 11) is 1.92.